The van der Waals surface area contributed by atoms with Crippen molar-refractivity contribution in [1.82, 2.24) is 0 Å². The van der Waals surface area contributed by atoms with Crippen molar-refractivity contribution < 1.29 is 23.9 Å². The average molecular weight is 524 g/mol. The summed E-state index contributed by atoms with van der Waals surface area (Å²) in [6.07, 6.45) is 2.16. The first kappa shape index (κ1) is 26.4. The monoisotopic (exact) mass is 523 g/mol. The Hall–Kier alpha value is -4.19. The molecule has 0 bridgehead atoms. The molecule has 0 N–H and O–H groups in total. The van der Waals surface area contributed by atoms with Crippen LogP contribution in [0.5, 0.6) is 5.75 Å². The maximum atomic E-state index is 14.6. The van der Waals surface area contributed by atoms with E-state index in [0.29, 0.717) is 29.9 Å². The number of imide groups is 1. The van der Waals surface area contributed by atoms with Gasteiger partial charge in [0, 0.05) is 6.42 Å². The number of methoxy groups -OCH3 is 1. The van der Waals surface area contributed by atoms with Crippen LogP contribution in [0.4, 0.5) is 10.5 Å². The Labute approximate surface area is 229 Å². The number of hydrogen-bond acceptors (Lipinski definition) is 5. The van der Waals surface area contributed by atoms with Gasteiger partial charge in [0.15, 0.2) is 5.78 Å². The number of carbonyl (C=O) groups excluding carboxylic acids is 3. The number of benzene rings is 3. The molecule has 39 heavy (non-hydrogen) atoms. The normalized spacial score (nSPS) is 21.8. The summed E-state index contributed by atoms with van der Waals surface area (Å²) in [4.78, 5) is 42.6. The summed E-state index contributed by atoms with van der Waals surface area (Å²) >= 11 is 0. The lowest BCUT2D eigenvalue weighted by Crippen LogP contribution is -2.49. The molecule has 1 heterocycles. The van der Waals surface area contributed by atoms with Gasteiger partial charge >= 0.3 is 6.09 Å². The third-order valence-electron chi connectivity index (χ3n) is 7.50. The summed E-state index contributed by atoms with van der Waals surface area (Å²) in [6.45, 7) is 5.32. The number of ether oxygens (including phenoxy) is 2. The summed E-state index contributed by atoms with van der Waals surface area (Å²) < 4.78 is 11.1. The van der Waals surface area contributed by atoms with Gasteiger partial charge in [0.25, 0.3) is 0 Å². The summed E-state index contributed by atoms with van der Waals surface area (Å²) in [6, 6.07) is 24.7. The molecule has 6 nitrogen and oxygen atoms in total. The number of Topliss-reactive ketones (excluding diaryl/α,β-unsaturated/α-hetero) is 1. The molecule has 0 saturated heterocycles. The van der Waals surface area contributed by atoms with Crippen LogP contribution in [0.25, 0.3) is 6.08 Å². The Morgan fingerprint density at radius 1 is 0.974 bits per heavy atom. The molecule has 200 valence electrons. The van der Waals surface area contributed by atoms with Gasteiger partial charge in [0.05, 0.1) is 18.2 Å². The van der Waals surface area contributed by atoms with Gasteiger partial charge in [0.2, 0.25) is 5.91 Å². The quantitative estimate of drug-likeness (QED) is 0.356. The number of para-hydroxylation sites is 1. The number of nitrogens with zero attached hydrogens (tertiary/aromatic N) is 1. The lowest BCUT2D eigenvalue weighted by Gasteiger charge is -2.34. The minimum Gasteiger partial charge on any atom is -0.497 e. The molecule has 1 aliphatic carbocycles. The number of rotatable bonds is 5. The van der Waals surface area contributed by atoms with Gasteiger partial charge in [-0.15, -0.1) is 0 Å². The van der Waals surface area contributed by atoms with E-state index >= 15 is 0 Å². The van der Waals surface area contributed by atoms with Gasteiger partial charge in [-0.1, -0.05) is 60.7 Å². The molecule has 0 unspecified atom stereocenters. The van der Waals surface area contributed by atoms with Crippen LogP contribution in [0.15, 0.2) is 84.4 Å². The standard InChI is InChI=1S/C33H33NO5/c1-32(2,3)39-31(37)34-28-16-9-8-15-27(28)33(30(34)36,21-23-13-10-14-26(18-23)38-4)25-19-24(29(35)20-25)17-22-11-6-5-7-12-22/h5-18,25H,19-21H2,1-4H3/b24-17+/t25-,33+/m1/s1. The third-order valence-corrected chi connectivity index (χ3v) is 7.50. The molecule has 0 aromatic heterocycles. The Morgan fingerprint density at radius 3 is 2.41 bits per heavy atom. The van der Waals surface area contributed by atoms with Crippen LogP contribution in [-0.2, 0) is 26.2 Å². The molecular formula is C33H33NO5. The summed E-state index contributed by atoms with van der Waals surface area (Å²) in [5.74, 6) is -0.000749. The first-order valence-corrected chi connectivity index (χ1v) is 13.2. The molecule has 1 aliphatic heterocycles. The SMILES string of the molecule is COc1cccc(C[C@@]2([C@H]3CC(=O)/C(=C/c4ccccc4)C3)C(=O)N(C(=O)OC(C)(C)C)c3ccccc32)c1. The zero-order valence-electron chi connectivity index (χ0n) is 22.8. The zero-order chi connectivity index (χ0) is 27.8. The van der Waals surface area contributed by atoms with E-state index in [-0.39, 0.29) is 24.0 Å². The van der Waals surface area contributed by atoms with Gasteiger partial charge in [0.1, 0.15) is 11.4 Å². The smallest absolute Gasteiger partial charge is 0.421 e. The molecule has 2 aliphatic rings. The molecular weight excluding hydrogens is 490 g/mol. The topological polar surface area (TPSA) is 72.9 Å². The van der Waals surface area contributed by atoms with Crippen molar-refractivity contribution in [3.05, 3.63) is 101 Å². The lowest BCUT2D eigenvalue weighted by molar-refractivity contribution is -0.125. The van der Waals surface area contributed by atoms with Gasteiger partial charge in [-0.05, 0) is 86.1 Å². The van der Waals surface area contributed by atoms with Crippen molar-refractivity contribution in [1.29, 1.82) is 0 Å². The van der Waals surface area contributed by atoms with E-state index in [9.17, 15) is 14.4 Å². The van der Waals surface area contributed by atoms with Crippen LogP contribution in [0.1, 0.15) is 50.3 Å². The molecule has 3 aromatic rings. The second-order valence-corrected chi connectivity index (χ2v) is 11.2. The third kappa shape index (κ3) is 4.99. The fraction of sp³-hybridized carbons (Fsp3) is 0.303. The van der Waals surface area contributed by atoms with Gasteiger partial charge in [-0.25, -0.2) is 9.69 Å². The highest BCUT2D eigenvalue weighted by molar-refractivity contribution is 6.22. The number of hydrogen-bond donors (Lipinski definition) is 0. The number of allylic oxidation sites excluding steroid dienone is 1. The van der Waals surface area contributed by atoms with Crippen molar-refractivity contribution in [3.8, 4) is 5.75 Å². The molecule has 1 saturated carbocycles. The molecule has 3 aromatic carbocycles. The largest absolute Gasteiger partial charge is 0.497 e. The van der Waals surface area contributed by atoms with Gasteiger partial charge in [-0.3, -0.25) is 9.59 Å². The summed E-state index contributed by atoms with van der Waals surface area (Å²) in [7, 11) is 1.60. The van der Waals surface area contributed by atoms with Crippen LogP contribution in [-0.4, -0.2) is 30.5 Å². The number of ketones is 1. The van der Waals surface area contributed by atoms with Crippen molar-refractivity contribution in [2.24, 2.45) is 5.92 Å². The van der Waals surface area contributed by atoms with Crippen molar-refractivity contribution in [2.45, 2.75) is 51.0 Å². The minimum absolute atomic E-state index is 0.0230. The Balaban J connectivity index is 1.64. The highest BCUT2D eigenvalue weighted by Crippen LogP contribution is 2.53. The van der Waals surface area contributed by atoms with Crippen molar-refractivity contribution >= 4 is 29.5 Å². The molecule has 2 atom stereocenters. The lowest BCUT2D eigenvalue weighted by atomic mass is 9.66. The predicted molar refractivity (Wildman–Crippen MR) is 151 cm³/mol. The number of carbonyl (C=O) groups is 3. The van der Waals surface area contributed by atoms with Crippen LogP contribution in [0.3, 0.4) is 0 Å². The van der Waals surface area contributed by atoms with Crippen LogP contribution < -0.4 is 9.64 Å². The highest BCUT2D eigenvalue weighted by atomic mass is 16.6. The van der Waals surface area contributed by atoms with E-state index in [1.165, 1.54) is 4.90 Å². The van der Waals surface area contributed by atoms with E-state index < -0.39 is 17.1 Å². The van der Waals surface area contributed by atoms with Crippen LogP contribution in [0.2, 0.25) is 0 Å². The second kappa shape index (κ2) is 10.2. The number of anilines is 1. The van der Waals surface area contributed by atoms with E-state index in [1.807, 2.05) is 78.9 Å². The molecule has 6 heteroatoms. The van der Waals surface area contributed by atoms with Gasteiger partial charge in [-0.2, -0.15) is 0 Å². The molecule has 2 amide bonds. The fourth-order valence-corrected chi connectivity index (χ4v) is 5.82. The van der Waals surface area contributed by atoms with E-state index in [2.05, 4.69) is 0 Å². The number of fused-ring (bicyclic) bond motifs is 1. The first-order chi connectivity index (χ1) is 18.6. The fourth-order valence-electron chi connectivity index (χ4n) is 5.82. The first-order valence-electron chi connectivity index (χ1n) is 13.2. The zero-order valence-corrected chi connectivity index (χ0v) is 22.8. The molecule has 1 fully saturated rings. The second-order valence-electron chi connectivity index (χ2n) is 11.2. The summed E-state index contributed by atoms with van der Waals surface area (Å²) in [5, 5.41) is 0. The predicted octanol–water partition coefficient (Wildman–Crippen LogP) is 6.52. The van der Waals surface area contributed by atoms with E-state index in [1.54, 1.807) is 33.9 Å². The van der Waals surface area contributed by atoms with E-state index in [0.717, 1.165) is 16.7 Å². The Morgan fingerprint density at radius 2 is 1.69 bits per heavy atom. The Kier molecular flexibility index (Phi) is 6.89. The van der Waals surface area contributed by atoms with Crippen molar-refractivity contribution in [2.75, 3.05) is 12.0 Å². The molecule has 0 spiro atoms. The van der Waals surface area contributed by atoms with Gasteiger partial charge < -0.3 is 9.47 Å². The van der Waals surface area contributed by atoms with E-state index in [4.69, 9.17) is 9.47 Å². The summed E-state index contributed by atoms with van der Waals surface area (Å²) in [5.41, 5.74) is 1.85. The minimum atomic E-state index is -1.14. The molecule has 0 radical (unpaired) electrons. The highest BCUT2D eigenvalue weighted by Gasteiger charge is 2.59. The maximum absolute atomic E-state index is 14.6. The number of amides is 2. The Bertz CT molecular complexity index is 1450. The average Bonchev–Trinajstić information content (AvgIpc) is 3.39. The van der Waals surface area contributed by atoms with Crippen LogP contribution >= 0.6 is 0 Å². The molecule has 5 rings (SSSR count). The maximum Gasteiger partial charge on any atom is 0.421 e. The van der Waals surface area contributed by atoms with Crippen LogP contribution in [0, 0.1) is 5.92 Å². The van der Waals surface area contributed by atoms with Crippen molar-refractivity contribution in [3.63, 3.8) is 0 Å².